The molecule has 156 valence electrons. The van der Waals surface area contributed by atoms with Crippen molar-refractivity contribution in [3.63, 3.8) is 0 Å². The highest BCUT2D eigenvalue weighted by Crippen LogP contribution is 2.30. The van der Waals surface area contributed by atoms with Gasteiger partial charge in [-0.1, -0.05) is 30.9 Å². The van der Waals surface area contributed by atoms with Crippen LogP contribution < -0.4 is 10.1 Å². The molecule has 0 bridgehead atoms. The van der Waals surface area contributed by atoms with Crippen LogP contribution in [0.15, 0.2) is 73.0 Å². The van der Waals surface area contributed by atoms with Gasteiger partial charge in [-0.05, 0) is 55.8 Å². The normalized spacial score (nSPS) is 10.9. The molecule has 0 fully saturated rings. The first-order valence-electron chi connectivity index (χ1n) is 9.97. The lowest BCUT2D eigenvalue weighted by atomic mass is 10.0. The van der Waals surface area contributed by atoms with E-state index in [9.17, 15) is 10.1 Å². The van der Waals surface area contributed by atoms with Crippen LogP contribution in [0.4, 0.5) is 0 Å². The molecular formula is C25H24N4O2. The fourth-order valence-electron chi connectivity index (χ4n) is 3.10. The SMILES string of the molecule is C=CCOc1ccc(-c2nn(-c3ccccc3)cc2C=C(C#N)C(=O)NCC)cc1C. The summed E-state index contributed by atoms with van der Waals surface area (Å²) < 4.78 is 7.41. The molecule has 0 spiro atoms. The highest BCUT2D eigenvalue weighted by Gasteiger charge is 2.15. The van der Waals surface area contributed by atoms with Gasteiger partial charge in [0, 0.05) is 23.9 Å². The summed E-state index contributed by atoms with van der Waals surface area (Å²) in [7, 11) is 0. The molecule has 2 aromatic carbocycles. The molecule has 3 aromatic rings. The van der Waals surface area contributed by atoms with Crippen LogP contribution in [0.1, 0.15) is 18.1 Å². The predicted octanol–water partition coefficient (Wildman–Crippen LogP) is 4.46. The first kappa shape index (κ1) is 21.6. The van der Waals surface area contributed by atoms with Gasteiger partial charge in [-0.25, -0.2) is 4.68 Å². The largest absolute Gasteiger partial charge is 0.489 e. The van der Waals surface area contributed by atoms with Crippen LogP contribution in [0.5, 0.6) is 5.75 Å². The molecular weight excluding hydrogens is 388 g/mol. The highest BCUT2D eigenvalue weighted by atomic mass is 16.5. The maximum Gasteiger partial charge on any atom is 0.261 e. The summed E-state index contributed by atoms with van der Waals surface area (Å²) in [5.41, 5.74) is 4.05. The smallest absolute Gasteiger partial charge is 0.261 e. The van der Waals surface area contributed by atoms with E-state index in [1.54, 1.807) is 16.8 Å². The number of hydrogen-bond acceptors (Lipinski definition) is 4. The first-order chi connectivity index (χ1) is 15.1. The Morgan fingerprint density at radius 2 is 2.06 bits per heavy atom. The molecule has 6 nitrogen and oxygen atoms in total. The molecule has 0 aliphatic rings. The van der Waals surface area contributed by atoms with Gasteiger partial charge in [-0.3, -0.25) is 4.79 Å². The van der Waals surface area contributed by atoms with Gasteiger partial charge >= 0.3 is 0 Å². The predicted molar refractivity (Wildman–Crippen MR) is 122 cm³/mol. The van der Waals surface area contributed by atoms with Gasteiger partial charge in [0.1, 0.15) is 29.7 Å². The highest BCUT2D eigenvalue weighted by molar-refractivity contribution is 6.02. The Balaban J connectivity index is 2.11. The van der Waals surface area contributed by atoms with Crippen molar-refractivity contribution in [1.29, 1.82) is 5.26 Å². The summed E-state index contributed by atoms with van der Waals surface area (Å²) in [6.45, 7) is 8.31. The van der Waals surface area contributed by atoms with Gasteiger partial charge in [0.05, 0.1) is 5.69 Å². The lowest BCUT2D eigenvalue weighted by Crippen LogP contribution is -2.23. The van der Waals surface area contributed by atoms with Crippen molar-refractivity contribution in [3.05, 3.63) is 84.1 Å². The van der Waals surface area contributed by atoms with Gasteiger partial charge in [0.2, 0.25) is 0 Å². The molecule has 6 heteroatoms. The quantitative estimate of drug-likeness (QED) is 0.337. The summed E-state index contributed by atoms with van der Waals surface area (Å²) in [6, 6.07) is 17.4. The number of nitrogens with zero attached hydrogens (tertiary/aromatic N) is 3. The standard InChI is InChI=1S/C25H24N4O2/c1-4-13-31-23-12-11-19(14-18(23)3)24-21(15-20(16-26)25(30)27-5-2)17-29(28-24)22-9-7-6-8-10-22/h4,6-12,14-15,17H,1,5,13H2,2-3H3,(H,27,30). The van der Waals surface area contributed by atoms with Crippen LogP contribution in [0.25, 0.3) is 23.0 Å². The molecule has 1 heterocycles. The zero-order chi connectivity index (χ0) is 22.2. The Morgan fingerprint density at radius 1 is 1.29 bits per heavy atom. The summed E-state index contributed by atoms with van der Waals surface area (Å²) >= 11 is 0. The van der Waals surface area contributed by atoms with Gasteiger partial charge in [-0.15, -0.1) is 0 Å². The fourth-order valence-corrected chi connectivity index (χ4v) is 3.10. The van der Waals surface area contributed by atoms with E-state index in [4.69, 9.17) is 9.84 Å². The average molecular weight is 412 g/mol. The Labute approximate surface area is 182 Å². The van der Waals surface area contributed by atoms with Crippen molar-refractivity contribution in [3.8, 4) is 28.8 Å². The molecule has 31 heavy (non-hydrogen) atoms. The van der Waals surface area contributed by atoms with Crippen molar-refractivity contribution in [2.24, 2.45) is 0 Å². The van der Waals surface area contributed by atoms with Crippen LogP contribution in [0, 0.1) is 18.3 Å². The lowest BCUT2D eigenvalue weighted by Gasteiger charge is -2.09. The number of nitriles is 1. The maximum absolute atomic E-state index is 12.2. The second-order valence-corrected chi connectivity index (χ2v) is 6.82. The number of amides is 1. The van der Waals surface area contributed by atoms with Gasteiger partial charge < -0.3 is 10.1 Å². The third-order valence-corrected chi connectivity index (χ3v) is 4.57. The van der Waals surface area contributed by atoms with E-state index in [1.165, 1.54) is 0 Å². The van der Waals surface area contributed by atoms with E-state index in [1.807, 2.05) is 74.6 Å². The minimum atomic E-state index is -0.409. The van der Waals surface area contributed by atoms with Gasteiger partial charge in [0.25, 0.3) is 5.91 Å². The number of para-hydroxylation sites is 1. The number of aromatic nitrogens is 2. The van der Waals surface area contributed by atoms with Crippen LogP contribution >= 0.6 is 0 Å². The van der Waals surface area contributed by atoms with E-state index in [-0.39, 0.29) is 5.57 Å². The molecule has 0 aliphatic carbocycles. The summed E-state index contributed by atoms with van der Waals surface area (Å²) in [4.78, 5) is 12.2. The number of ether oxygens (including phenoxy) is 1. The number of nitrogens with one attached hydrogen (secondary N) is 1. The second-order valence-electron chi connectivity index (χ2n) is 6.82. The molecule has 0 saturated carbocycles. The number of hydrogen-bond donors (Lipinski definition) is 1. The van der Waals surface area contributed by atoms with Crippen LogP contribution in [0.3, 0.4) is 0 Å². The number of benzene rings is 2. The zero-order valence-corrected chi connectivity index (χ0v) is 17.6. The van der Waals surface area contributed by atoms with Gasteiger partial charge in [0.15, 0.2) is 0 Å². The van der Waals surface area contributed by atoms with Crippen molar-refractivity contribution >= 4 is 12.0 Å². The molecule has 1 amide bonds. The Bertz CT molecular complexity index is 1150. The minimum absolute atomic E-state index is 0.0263. The summed E-state index contributed by atoms with van der Waals surface area (Å²) in [5.74, 6) is 0.357. The Kier molecular flexibility index (Phi) is 7.02. The zero-order valence-electron chi connectivity index (χ0n) is 17.6. The third kappa shape index (κ3) is 5.09. The molecule has 0 atom stereocenters. The number of likely N-dealkylation sites (N-methyl/N-ethyl adjacent to an activating group) is 1. The summed E-state index contributed by atoms with van der Waals surface area (Å²) in [5, 5.41) is 16.9. The van der Waals surface area contributed by atoms with Crippen molar-refractivity contribution in [2.75, 3.05) is 13.2 Å². The Hall–Kier alpha value is -4.11. The van der Waals surface area contributed by atoms with Gasteiger partial charge in [-0.2, -0.15) is 10.4 Å². The number of carbonyl (C=O) groups excluding carboxylic acids is 1. The molecule has 1 N–H and O–H groups in total. The lowest BCUT2D eigenvalue weighted by molar-refractivity contribution is -0.116. The molecule has 0 saturated heterocycles. The number of aryl methyl sites for hydroxylation is 1. The van der Waals surface area contributed by atoms with Crippen LogP contribution in [-0.2, 0) is 4.79 Å². The van der Waals surface area contributed by atoms with E-state index in [0.29, 0.717) is 24.4 Å². The van der Waals surface area contributed by atoms with E-state index < -0.39 is 5.91 Å². The molecule has 0 aliphatic heterocycles. The van der Waals surface area contributed by atoms with Crippen molar-refractivity contribution in [1.82, 2.24) is 15.1 Å². The molecule has 0 unspecified atom stereocenters. The Morgan fingerprint density at radius 3 is 2.71 bits per heavy atom. The first-order valence-corrected chi connectivity index (χ1v) is 9.97. The number of carbonyl (C=O) groups is 1. The summed E-state index contributed by atoms with van der Waals surface area (Å²) in [6.07, 6.45) is 5.09. The topological polar surface area (TPSA) is 79.9 Å². The van der Waals surface area contributed by atoms with Crippen LogP contribution in [0.2, 0.25) is 0 Å². The van der Waals surface area contributed by atoms with Crippen LogP contribution in [-0.4, -0.2) is 28.8 Å². The fraction of sp³-hybridized carbons (Fsp3) is 0.160. The maximum atomic E-state index is 12.2. The van der Waals surface area contributed by atoms with E-state index in [0.717, 1.165) is 22.6 Å². The molecule has 0 radical (unpaired) electrons. The van der Waals surface area contributed by atoms with E-state index >= 15 is 0 Å². The second kappa shape index (κ2) is 10.1. The van der Waals surface area contributed by atoms with E-state index in [2.05, 4.69) is 11.9 Å². The minimum Gasteiger partial charge on any atom is -0.489 e. The molecule has 3 rings (SSSR count). The average Bonchev–Trinajstić information content (AvgIpc) is 3.21. The van der Waals surface area contributed by atoms with Crippen molar-refractivity contribution < 1.29 is 9.53 Å². The van der Waals surface area contributed by atoms with Crippen molar-refractivity contribution in [2.45, 2.75) is 13.8 Å². The monoisotopic (exact) mass is 412 g/mol. The molecule has 1 aromatic heterocycles. The number of rotatable bonds is 8. The third-order valence-electron chi connectivity index (χ3n) is 4.57.